The number of hydrogen-bond donors (Lipinski definition) is 1. The minimum Gasteiger partial charge on any atom is -0.322 e. The minimum atomic E-state index is -3.47. The molecule has 0 unspecified atom stereocenters. The van der Waals surface area contributed by atoms with Gasteiger partial charge in [0.15, 0.2) is 0 Å². The average molecular weight is 481 g/mol. The molecule has 0 saturated carbocycles. The molecule has 1 heterocycles. The molecule has 1 N–H and O–H groups in total. The number of nitrogens with one attached hydrogen (secondary N) is 1. The van der Waals surface area contributed by atoms with Crippen LogP contribution in [0.2, 0.25) is 0 Å². The third-order valence-corrected chi connectivity index (χ3v) is 8.65. The van der Waals surface area contributed by atoms with Crippen molar-refractivity contribution >= 4 is 33.4 Å². The lowest BCUT2D eigenvalue weighted by molar-refractivity contribution is 0.102. The molecule has 3 aromatic carbocycles. The maximum Gasteiger partial charge on any atom is 0.255 e. The zero-order chi connectivity index (χ0) is 23.1. The second kappa shape index (κ2) is 11.0. The summed E-state index contributed by atoms with van der Waals surface area (Å²) in [6, 6.07) is 24.4. The lowest BCUT2D eigenvalue weighted by Crippen LogP contribution is -2.35. The van der Waals surface area contributed by atoms with Gasteiger partial charge in [0.1, 0.15) is 0 Å². The molecule has 5 nitrogen and oxygen atoms in total. The molecule has 0 spiro atoms. The number of carbonyl (C=O) groups excluding carboxylic acids is 1. The number of hydrogen-bond acceptors (Lipinski definition) is 4. The minimum absolute atomic E-state index is 0.217. The first-order valence-corrected chi connectivity index (χ1v) is 13.7. The molecule has 0 bridgehead atoms. The smallest absolute Gasteiger partial charge is 0.255 e. The predicted molar refractivity (Wildman–Crippen MR) is 135 cm³/mol. The third-order valence-electron chi connectivity index (χ3n) is 5.66. The van der Waals surface area contributed by atoms with Crippen LogP contribution in [0.15, 0.2) is 83.8 Å². The molecule has 172 valence electrons. The van der Waals surface area contributed by atoms with Crippen LogP contribution in [0.3, 0.4) is 0 Å². The molecule has 1 amide bonds. The van der Waals surface area contributed by atoms with Gasteiger partial charge in [0.25, 0.3) is 5.91 Å². The molecule has 1 fully saturated rings. The summed E-state index contributed by atoms with van der Waals surface area (Å²) in [5, 5.41) is 2.85. The summed E-state index contributed by atoms with van der Waals surface area (Å²) >= 11 is 1.84. The van der Waals surface area contributed by atoms with Crippen LogP contribution in [0.5, 0.6) is 0 Å². The van der Waals surface area contributed by atoms with Crippen molar-refractivity contribution < 1.29 is 13.2 Å². The van der Waals surface area contributed by atoms with E-state index in [0.717, 1.165) is 30.8 Å². The zero-order valence-corrected chi connectivity index (χ0v) is 20.1. The van der Waals surface area contributed by atoms with E-state index in [-0.39, 0.29) is 10.8 Å². The van der Waals surface area contributed by atoms with Gasteiger partial charge in [-0.05, 0) is 60.4 Å². The number of rotatable bonds is 8. The van der Waals surface area contributed by atoms with Crippen molar-refractivity contribution in [2.24, 2.45) is 0 Å². The van der Waals surface area contributed by atoms with E-state index in [4.69, 9.17) is 0 Å². The summed E-state index contributed by atoms with van der Waals surface area (Å²) in [5.74, 6) is 1.61. The highest BCUT2D eigenvalue weighted by Crippen LogP contribution is 2.23. The Morgan fingerprint density at radius 3 is 2.03 bits per heavy atom. The number of anilines is 1. The first-order chi connectivity index (χ1) is 16.0. The molecule has 3 aromatic rings. The number of piperidine rings is 1. The van der Waals surface area contributed by atoms with Crippen LogP contribution >= 0.6 is 11.8 Å². The van der Waals surface area contributed by atoms with Crippen LogP contribution in [-0.2, 0) is 21.5 Å². The molecule has 0 atom stereocenters. The van der Waals surface area contributed by atoms with Crippen LogP contribution in [-0.4, -0.2) is 31.7 Å². The van der Waals surface area contributed by atoms with Crippen molar-refractivity contribution in [1.82, 2.24) is 4.31 Å². The summed E-state index contributed by atoms with van der Waals surface area (Å²) in [4.78, 5) is 12.9. The van der Waals surface area contributed by atoms with E-state index in [2.05, 4.69) is 17.4 Å². The number of nitrogens with zero attached hydrogens (tertiary/aromatic N) is 1. The molecule has 0 radical (unpaired) electrons. The van der Waals surface area contributed by atoms with Gasteiger partial charge in [-0.3, -0.25) is 4.79 Å². The van der Waals surface area contributed by atoms with E-state index in [0.29, 0.717) is 24.3 Å². The molecule has 1 aliphatic rings. The van der Waals surface area contributed by atoms with Gasteiger partial charge >= 0.3 is 0 Å². The Hall–Kier alpha value is -2.61. The van der Waals surface area contributed by atoms with Crippen LogP contribution in [0.25, 0.3) is 0 Å². The number of sulfonamides is 1. The quantitative estimate of drug-likeness (QED) is 0.459. The summed E-state index contributed by atoms with van der Waals surface area (Å²) in [6.07, 6.45) is 2.88. The van der Waals surface area contributed by atoms with E-state index in [1.807, 2.05) is 54.2 Å². The van der Waals surface area contributed by atoms with Crippen molar-refractivity contribution in [1.29, 1.82) is 0 Å². The second-order valence-corrected chi connectivity index (χ2v) is 11.0. The molecular formula is C26H28N2O3S2. The normalized spacial score (nSPS) is 14.7. The first kappa shape index (κ1) is 23.5. The van der Waals surface area contributed by atoms with Gasteiger partial charge in [-0.15, -0.1) is 0 Å². The summed E-state index contributed by atoms with van der Waals surface area (Å²) in [7, 11) is -3.47. The number of amides is 1. The zero-order valence-electron chi connectivity index (χ0n) is 18.4. The van der Waals surface area contributed by atoms with E-state index >= 15 is 0 Å². The Morgan fingerprint density at radius 1 is 0.788 bits per heavy atom. The van der Waals surface area contributed by atoms with Gasteiger partial charge in [-0.25, -0.2) is 8.42 Å². The first-order valence-electron chi connectivity index (χ1n) is 11.1. The van der Waals surface area contributed by atoms with Crippen molar-refractivity contribution in [2.75, 3.05) is 18.4 Å². The standard InChI is InChI=1S/C26H28N2O3S2/c29-26(23-11-9-22(10-12-23)20-32-19-21-7-3-1-4-8-21)27-24-13-15-25(16-14-24)33(30,31)28-17-5-2-6-18-28/h1,3-4,7-16H,2,5-6,17-20H2,(H,27,29). The molecule has 0 aliphatic carbocycles. The predicted octanol–water partition coefficient (Wildman–Crippen LogP) is 5.55. The van der Waals surface area contributed by atoms with Gasteiger partial charge in [0, 0.05) is 35.8 Å². The Bertz CT molecular complexity index is 1160. The topological polar surface area (TPSA) is 66.5 Å². The highest BCUT2D eigenvalue weighted by molar-refractivity contribution is 7.97. The maximum atomic E-state index is 12.8. The van der Waals surface area contributed by atoms with Crippen molar-refractivity contribution in [2.45, 2.75) is 35.7 Å². The van der Waals surface area contributed by atoms with Crippen molar-refractivity contribution in [3.8, 4) is 0 Å². The molecule has 33 heavy (non-hydrogen) atoms. The largest absolute Gasteiger partial charge is 0.322 e. The fraction of sp³-hybridized carbons (Fsp3) is 0.269. The SMILES string of the molecule is O=C(Nc1ccc(S(=O)(=O)N2CCCCC2)cc1)c1ccc(CSCc2ccccc2)cc1. The van der Waals surface area contributed by atoms with Gasteiger partial charge in [0.05, 0.1) is 4.90 Å². The van der Waals surface area contributed by atoms with E-state index in [1.54, 1.807) is 28.6 Å². The Morgan fingerprint density at radius 2 is 1.39 bits per heavy atom. The van der Waals surface area contributed by atoms with Crippen LogP contribution in [0.1, 0.15) is 40.7 Å². The van der Waals surface area contributed by atoms with Gasteiger partial charge in [-0.1, -0.05) is 48.9 Å². The van der Waals surface area contributed by atoms with Crippen molar-refractivity contribution in [3.05, 3.63) is 95.6 Å². The highest BCUT2D eigenvalue weighted by atomic mass is 32.2. The fourth-order valence-electron chi connectivity index (χ4n) is 3.78. The number of carbonyl (C=O) groups is 1. The molecule has 4 rings (SSSR count). The molecular weight excluding hydrogens is 452 g/mol. The Balaban J connectivity index is 1.31. The second-order valence-electron chi connectivity index (χ2n) is 8.12. The van der Waals surface area contributed by atoms with Crippen LogP contribution in [0.4, 0.5) is 5.69 Å². The van der Waals surface area contributed by atoms with Gasteiger partial charge < -0.3 is 5.32 Å². The van der Waals surface area contributed by atoms with E-state index in [9.17, 15) is 13.2 Å². The molecule has 1 aliphatic heterocycles. The number of thioether (sulfide) groups is 1. The van der Waals surface area contributed by atoms with Crippen LogP contribution in [0, 0.1) is 0 Å². The monoisotopic (exact) mass is 480 g/mol. The van der Waals surface area contributed by atoms with Gasteiger partial charge in [0.2, 0.25) is 10.0 Å². The summed E-state index contributed by atoms with van der Waals surface area (Å²) in [5.41, 5.74) is 3.60. The number of benzene rings is 3. The lowest BCUT2D eigenvalue weighted by atomic mass is 10.1. The third kappa shape index (κ3) is 6.25. The van der Waals surface area contributed by atoms with Crippen LogP contribution < -0.4 is 5.32 Å². The molecule has 7 heteroatoms. The highest BCUT2D eigenvalue weighted by Gasteiger charge is 2.25. The van der Waals surface area contributed by atoms with Gasteiger partial charge in [-0.2, -0.15) is 16.1 Å². The molecule has 1 saturated heterocycles. The van der Waals surface area contributed by atoms with E-state index in [1.165, 1.54) is 11.1 Å². The summed E-state index contributed by atoms with van der Waals surface area (Å²) < 4.78 is 27.1. The lowest BCUT2D eigenvalue weighted by Gasteiger charge is -2.25. The maximum absolute atomic E-state index is 12.8. The average Bonchev–Trinajstić information content (AvgIpc) is 2.86. The summed E-state index contributed by atoms with van der Waals surface area (Å²) in [6.45, 7) is 1.14. The Kier molecular flexibility index (Phi) is 7.85. The fourth-order valence-corrected chi connectivity index (χ4v) is 6.26. The van der Waals surface area contributed by atoms with E-state index < -0.39 is 10.0 Å². The Labute approximate surface area is 200 Å². The van der Waals surface area contributed by atoms with Crippen molar-refractivity contribution in [3.63, 3.8) is 0 Å². The molecule has 0 aromatic heterocycles.